The van der Waals surface area contributed by atoms with Gasteiger partial charge in [0.05, 0.1) is 12.7 Å². The third-order valence-electron chi connectivity index (χ3n) is 3.51. The summed E-state index contributed by atoms with van der Waals surface area (Å²) in [7, 11) is 3.80. The number of hydrogen-bond donors (Lipinski definition) is 1. The fourth-order valence-corrected chi connectivity index (χ4v) is 2.78. The third kappa shape index (κ3) is 1.81. The lowest BCUT2D eigenvalue weighted by Crippen LogP contribution is -2.44. The van der Waals surface area contributed by atoms with Crippen molar-refractivity contribution in [2.75, 3.05) is 33.9 Å². The maximum absolute atomic E-state index is 5.88. The molecule has 2 unspecified atom stereocenters. The Morgan fingerprint density at radius 2 is 2.29 bits per heavy atom. The smallest absolute Gasteiger partial charge is 0.0694 e. The molecule has 1 heterocycles. The minimum atomic E-state index is 0.241. The highest BCUT2D eigenvalue weighted by molar-refractivity contribution is 5.00. The molecule has 0 radical (unpaired) electrons. The van der Waals surface area contributed by atoms with E-state index in [4.69, 9.17) is 9.47 Å². The number of hydrogen-bond acceptors (Lipinski definition) is 3. The van der Waals surface area contributed by atoms with Crippen molar-refractivity contribution in [1.82, 2.24) is 5.32 Å². The van der Waals surface area contributed by atoms with Gasteiger partial charge >= 0.3 is 0 Å². The van der Waals surface area contributed by atoms with E-state index in [0.717, 1.165) is 32.1 Å². The average Bonchev–Trinajstić information content (AvgIpc) is 2.92. The van der Waals surface area contributed by atoms with Gasteiger partial charge in [-0.1, -0.05) is 0 Å². The Kier molecular flexibility index (Phi) is 3.10. The molecule has 0 spiro atoms. The molecule has 2 atom stereocenters. The van der Waals surface area contributed by atoms with Crippen LogP contribution in [0, 0.1) is 11.3 Å². The zero-order chi connectivity index (χ0) is 10.0. The highest BCUT2D eigenvalue weighted by Gasteiger charge is 2.50. The molecule has 2 aliphatic rings. The van der Waals surface area contributed by atoms with E-state index < -0.39 is 0 Å². The Morgan fingerprint density at radius 1 is 1.50 bits per heavy atom. The van der Waals surface area contributed by atoms with Crippen LogP contribution in [0.3, 0.4) is 0 Å². The van der Waals surface area contributed by atoms with Crippen LogP contribution in [0.5, 0.6) is 0 Å². The quantitative estimate of drug-likeness (QED) is 0.717. The Bertz CT molecular complexity index is 186. The first-order chi connectivity index (χ1) is 6.82. The lowest BCUT2D eigenvalue weighted by atomic mass is 9.79. The molecule has 0 aromatic carbocycles. The summed E-state index contributed by atoms with van der Waals surface area (Å²) >= 11 is 0. The van der Waals surface area contributed by atoms with E-state index in [-0.39, 0.29) is 5.41 Å². The summed E-state index contributed by atoms with van der Waals surface area (Å²) in [5, 5.41) is 3.29. The second kappa shape index (κ2) is 4.17. The normalized spacial score (nSPS) is 37.7. The number of methoxy groups -OCH3 is 1. The van der Waals surface area contributed by atoms with Gasteiger partial charge in [-0.3, -0.25) is 0 Å². The van der Waals surface area contributed by atoms with Gasteiger partial charge in [0.2, 0.25) is 0 Å². The van der Waals surface area contributed by atoms with Gasteiger partial charge in [-0.2, -0.15) is 0 Å². The number of nitrogens with one attached hydrogen (secondary N) is 1. The molecule has 0 aromatic heterocycles. The van der Waals surface area contributed by atoms with E-state index in [2.05, 4.69) is 5.32 Å². The van der Waals surface area contributed by atoms with E-state index in [0.29, 0.717) is 6.10 Å². The van der Waals surface area contributed by atoms with Gasteiger partial charge in [0.25, 0.3) is 0 Å². The topological polar surface area (TPSA) is 30.5 Å². The first-order valence-corrected chi connectivity index (χ1v) is 5.57. The van der Waals surface area contributed by atoms with Crippen LogP contribution in [0.4, 0.5) is 0 Å². The van der Waals surface area contributed by atoms with Crippen LogP contribution in [0.25, 0.3) is 0 Å². The predicted molar refractivity (Wildman–Crippen MR) is 55.3 cm³/mol. The first-order valence-electron chi connectivity index (χ1n) is 5.57. The summed E-state index contributed by atoms with van der Waals surface area (Å²) < 4.78 is 11.2. The molecule has 0 aromatic rings. The lowest BCUT2D eigenvalue weighted by molar-refractivity contribution is -0.0109. The predicted octanol–water partition coefficient (Wildman–Crippen LogP) is 1.04. The molecule has 82 valence electrons. The molecule has 1 saturated heterocycles. The molecular formula is C11H21NO2. The Morgan fingerprint density at radius 3 is 2.86 bits per heavy atom. The molecule has 1 N–H and O–H groups in total. The highest BCUT2D eigenvalue weighted by atomic mass is 16.5. The van der Waals surface area contributed by atoms with Crippen molar-refractivity contribution in [2.24, 2.45) is 11.3 Å². The Labute approximate surface area is 86.2 Å². The van der Waals surface area contributed by atoms with Crippen LogP contribution in [-0.4, -0.2) is 40.0 Å². The van der Waals surface area contributed by atoms with Crippen LogP contribution in [0.1, 0.15) is 19.3 Å². The highest BCUT2D eigenvalue weighted by Crippen LogP contribution is 2.47. The second-order valence-corrected chi connectivity index (χ2v) is 4.70. The second-order valence-electron chi connectivity index (χ2n) is 4.70. The molecule has 0 amide bonds. The lowest BCUT2D eigenvalue weighted by Gasteiger charge is -2.33. The average molecular weight is 199 g/mol. The van der Waals surface area contributed by atoms with Crippen LogP contribution in [0.2, 0.25) is 0 Å². The summed E-state index contributed by atoms with van der Waals surface area (Å²) in [6, 6.07) is 0. The minimum Gasteiger partial charge on any atom is -0.384 e. The van der Waals surface area contributed by atoms with Crippen molar-refractivity contribution in [1.29, 1.82) is 0 Å². The molecule has 3 nitrogen and oxygen atoms in total. The molecule has 0 bridgehead atoms. The molecule has 2 fully saturated rings. The van der Waals surface area contributed by atoms with Crippen LogP contribution < -0.4 is 5.32 Å². The SMILES string of the molecule is CNCC1(COC)CCOC1C1CC1. The largest absolute Gasteiger partial charge is 0.384 e. The summed E-state index contributed by atoms with van der Waals surface area (Å²) in [5.74, 6) is 0.806. The first kappa shape index (κ1) is 10.4. The fourth-order valence-electron chi connectivity index (χ4n) is 2.78. The van der Waals surface area contributed by atoms with Gasteiger partial charge in [-0.05, 0) is 32.2 Å². The van der Waals surface area contributed by atoms with Gasteiger partial charge in [0.15, 0.2) is 0 Å². The molecule has 1 aliphatic heterocycles. The van der Waals surface area contributed by atoms with Gasteiger partial charge in [0.1, 0.15) is 0 Å². The monoisotopic (exact) mass is 199 g/mol. The molecule has 14 heavy (non-hydrogen) atoms. The van der Waals surface area contributed by atoms with E-state index in [9.17, 15) is 0 Å². The summed E-state index contributed by atoms with van der Waals surface area (Å²) in [6.45, 7) is 2.75. The minimum absolute atomic E-state index is 0.241. The van der Waals surface area contributed by atoms with Gasteiger partial charge < -0.3 is 14.8 Å². The number of rotatable bonds is 5. The zero-order valence-corrected chi connectivity index (χ0v) is 9.21. The number of ether oxygens (including phenoxy) is 2. The fraction of sp³-hybridized carbons (Fsp3) is 1.00. The maximum atomic E-state index is 5.88. The molecule has 3 heteroatoms. The van der Waals surface area contributed by atoms with Crippen molar-refractivity contribution in [2.45, 2.75) is 25.4 Å². The van der Waals surface area contributed by atoms with Crippen molar-refractivity contribution in [3.63, 3.8) is 0 Å². The van der Waals surface area contributed by atoms with Crippen LogP contribution >= 0.6 is 0 Å². The van der Waals surface area contributed by atoms with E-state index in [1.165, 1.54) is 12.8 Å². The third-order valence-corrected chi connectivity index (χ3v) is 3.51. The Balaban J connectivity index is 2.05. The molecule has 1 saturated carbocycles. The van der Waals surface area contributed by atoms with Crippen molar-refractivity contribution >= 4 is 0 Å². The van der Waals surface area contributed by atoms with E-state index >= 15 is 0 Å². The Hall–Kier alpha value is -0.120. The summed E-state index contributed by atoms with van der Waals surface area (Å²) in [6.07, 6.45) is 4.28. The van der Waals surface area contributed by atoms with Crippen LogP contribution in [0.15, 0.2) is 0 Å². The zero-order valence-electron chi connectivity index (χ0n) is 9.21. The van der Waals surface area contributed by atoms with E-state index in [1.54, 1.807) is 7.11 Å². The van der Waals surface area contributed by atoms with Gasteiger partial charge in [-0.25, -0.2) is 0 Å². The van der Waals surface area contributed by atoms with Gasteiger partial charge in [0, 0.05) is 25.7 Å². The van der Waals surface area contributed by atoms with Gasteiger partial charge in [-0.15, -0.1) is 0 Å². The summed E-state index contributed by atoms with van der Waals surface area (Å²) in [4.78, 5) is 0. The van der Waals surface area contributed by atoms with Crippen molar-refractivity contribution < 1.29 is 9.47 Å². The molecule has 1 aliphatic carbocycles. The molecular weight excluding hydrogens is 178 g/mol. The van der Waals surface area contributed by atoms with Crippen molar-refractivity contribution in [3.05, 3.63) is 0 Å². The molecule has 2 rings (SSSR count). The summed E-state index contributed by atoms with van der Waals surface area (Å²) in [5.41, 5.74) is 0.241. The maximum Gasteiger partial charge on any atom is 0.0694 e. The van der Waals surface area contributed by atoms with Crippen LogP contribution in [-0.2, 0) is 9.47 Å². The van der Waals surface area contributed by atoms with Crippen molar-refractivity contribution in [3.8, 4) is 0 Å². The standard InChI is InChI=1S/C11H21NO2/c1-12-7-11(8-13-2)5-6-14-10(11)9-3-4-9/h9-10,12H,3-8H2,1-2H3. The van der Waals surface area contributed by atoms with E-state index in [1.807, 2.05) is 7.05 Å².